The quantitative estimate of drug-likeness (QED) is 0.829. The Labute approximate surface area is 157 Å². The minimum atomic E-state index is -0.240. The number of hydrogen-bond acceptors (Lipinski definition) is 5. The summed E-state index contributed by atoms with van der Waals surface area (Å²) < 4.78 is 5.51. The van der Waals surface area contributed by atoms with Gasteiger partial charge in [0.25, 0.3) is 5.91 Å². The summed E-state index contributed by atoms with van der Waals surface area (Å²) >= 11 is 6.22. The van der Waals surface area contributed by atoms with E-state index in [1.807, 2.05) is 41.3 Å². The van der Waals surface area contributed by atoms with Gasteiger partial charge in [-0.05, 0) is 31.0 Å². The molecule has 1 atom stereocenters. The molecule has 4 rings (SSSR count). The minimum Gasteiger partial charge on any atom is -0.368 e. The maximum absolute atomic E-state index is 12.4. The fraction of sp³-hybridized carbons (Fsp3) is 0.421. The van der Waals surface area contributed by atoms with Crippen LogP contribution in [0.5, 0.6) is 0 Å². The lowest BCUT2D eigenvalue weighted by atomic mass is 10.1. The van der Waals surface area contributed by atoms with E-state index in [1.165, 1.54) is 0 Å². The molecule has 2 aromatic rings. The van der Waals surface area contributed by atoms with Gasteiger partial charge >= 0.3 is 0 Å². The van der Waals surface area contributed by atoms with Gasteiger partial charge in [-0.15, -0.1) is 10.2 Å². The number of rotatable bonds is 3. The van der Waals surface area contributed by atoms with Gasteiger partial charge in [-0.3, -0.25) is 4.79 Å². The van der Waals surface area contributed by atoms with Gasteiger partial charge in [-0.25, -0.2) is 0 Å². The van der Waals surface area contributed by atoms with Crippen molar-refractivity contribution in [3.05, 3.63) is 41.4 Å². The zero-order chi connectivity index (χ0) is 17.9. The number of carbonyl (C=O) groups excluding carboxylic acids is 1. The second-order valence-corrected chi connectivity index (χ2v) is 6.98. The first-order chi connectivity index (χ1) is 12.7. The van der Waals surface area contributed by atoms with Crippen molar-refractivity contribution in [2.24, 2.45) is 0 Å². The predicted molar refractivity (Wildman–Crippen MR) is 100 cm³/mol. The molecular formula is C19H21ClN4O2. The van der Waals surface area contributed by atoms with Crippen LogP contribution in [-0.4, -0.2) is 59.9 Å². The summed E-state index contributed by atoms with van der Waals surface area (Å²) in [6.07, 6.45) is 1.58. The van der Waals surface area contributed by atoms with Crippen molar-refractivity contribution in [2.75, 3.05) is 37.7 Å². The smallest absolute Gasteiger partial charge is 0.251 e. The molecule has 26 heavy (non-hydrogen) atoms. The molecule has 1 unspecified atom stereocenters. The number of ether oxygens (including phenoxy) is 1. The van der Waals surface area contributed by atoms with Crippen molar-refractivity contribution in [3.63, 3.8) is 0 Å². The van der Waals surface area contributed by atoms with Crippen LogP contribution in [0.25, 0.3) is 11.3 Å². The molecular weight excluding hydrogens is 352 g/mol. The lowest BCUT2D eigenvalue weighted by molar-refractivity contribution is -0.141. The molecule has 1 amide bonds. The normalized spacial score (nSPS) is 20.4. The van der Waals surface area contributed by atoms with Gasteiger partial charge < -0.3 is 14.5 Å². The van der Waals surface area contributed by atoms with Crippen molar-refractivity contribution in [1.29, 1.82) is 0 Å². The number of benzene rings is 1. The number of carbonyl (C=O) groups is 1. The molecule has 2 fully saturated rings. The molecule has 0 radical (unpaired) electrons. The Morgan fingerprint density at radius 1 is 1.08 bits per heavy atom. The molecule has 1 aromatic heterocycles. The van der Waals surface area contributed by atoms with Crippen LogP contribution in [0.15, 0.2) is 36.4 Å². The first-order valence-electron chi connectivity index (χ1n) is 8.96. The van der Waals surface area contributed by atoms with E-state index in [2.05, 4.69) is 15.1 Å². The number of amides is 1. The van der Waals surface area contributed by atoms with Gasteiger partial charge in [0.15, 0.2) is 5.82 Å². The highest BCUT2D eigenvalue weighted by molar-refractivity contribution is 6.33. The van der Waals surface area contributed by atoms with Gasteiger partial charge in [0, 0.05) is 38.3 Å². The highest BCUT2D eigenvalue weighted by atomic mass is 35.5. The van der Waals surface area contributed by atoms with Crippen molar-refractivity contribution in [1.82, 2.24) is 15.1 Å². The topological polar surface area (TPSA) is 58.6 Å². The van der Waals surface area contributed by atoms with E-state index in [4.69, 9.17) is 16.3 Å². The molecule has 1 aromatic carbocycles. The third-order valence-corrected chi connectivity index (χ3v) is 5.25. The van der Waals surface area contributed by atoms with Gasteiger partial charge in [0.2, 0.25) is 0 Å². The Morgan fingerprint density at radius 3 is 2.54 bits per heavy atom. The summed E-state index contributed by atoms with van der Waals surface area (Å²) in [5, 5.41) is 9.34. The van der Waals surface area contributed by atoms with Crippen LogP contribution in [0.2, 0.25) is 5.02 Å². The zero-order valence-electron chi connectivity index (χ0n) is 14.5. The Morgan fingerprint density at radius 2 is 1.88 bits per heavy atom. The molecule has 2 saturated heterocycles. The lowest BCUT2D eigenvalue weighted by Gasteiger charge is -2.36. The van der Waals surface area contributed by atoms with Crippen molar-refractivity contribution < 1.29 is 9.53 Å². The molecule has 0 bridgehead atoms. The Balaban J connectivity index is 1.39. The summed E-state index contributed by atoms with van der Waals surface area (Å²) in [6.45, 7) is 3.57. The summed E-state index contributed by atoms with van der Waals surface area (Å²) in [6, 6.07) is 11.5. The van der Waals surface area contributed by atoms with Gasteiger partial charge in [-0.2, -0.15) is 0 Å². The van der Waals surface area contributed by atoms with Crippen LogP contribution in [0.4, 0.5) is 5.82 Å². The van der Waals surface area contributed by atoms with E-state index in [0.29, 0.717) is 24.7 Å². The number of piperazine rings is 1. The minimum absolute atomic E-state index is 0.127. The highest BCUT2D eigenvalue weighted by Crippen LogP contribution is 2.26. The van der Waals surface area contributed by atoms with Crippen LogP contribution in [0, 0.1) is 0 Å². The molecule has 2 aliphatic heterocycles. The SMILES string of the molecule is O=C(C1CCCO1)N1CCN(c2ccc(-c3ccccc3Cl)nn2)CC1. The first-order valence-corrected chi connectivity index (χ1v) is 9.34. The van der Waals surface area contributed by atoms with Crippen molar-refractivity contribution >= 4 is 23.3 Å². The number of nitrogens with zero attached hydrogens (tertiary/aromatic N) is 4. The number of hydrogen-bond donors (Lipinski definition) is 0. The number of aromatic nitrogens is 2. The second-order valence-electron chi connectivity index (χ2n) is 6.57. The summed E-state index contributed by atoms with van der Waals surface area (Å²) in [5.74, 6) is 0.951. The highest BCUT2D eigenvalue weighted by Gasteiger charge is 2.30. The fourth-order valence-electron chi connectivity index (χ4n) is 3.44. The Hall–Kier alpha value is -2.18. The molecule has 0 saturated carbocycles. The third kappa shape index (κ3) is 3.52. The maximum Gasteiger partial charge on any atom is 0.251 e. The molecule has 3 heterocycles. The summed E-state index contributed by atoms with van der Waals surface area (Å²) in [7, 11) is 0. The molecule has 2 aliphatic rings. The zero-order valence-corrected chi connectivity index (χ0v) is 15.2. The van der Waals surface area contributed by atoms with Crippen LogP contribution >= 0.6 is 11.6 Å². The van der Waals surface area contributed by atoms with E-state index in [9.17, 15) is 4.79 Å². The van der Waals surface area contributed by atoms with Crippen LogP contribution in [0.3, 0.4) is 0 Å². The summed E-state index contributed by atoms with van der Waals surface area (Å²) in [4.78, 5) is 16.5. The molecule has 0 N–H and O–H groups in total. The van der Waals surface area contributed by atoms with Crippen molar-refractivity contribution in [2.45, 2.75) is 18.9 Å². The van der Waals surface area contributed by atoms with Crippen LogP contribution in [-0.2, 0) is 9.53 Å². The largest absolute Gasteiger partial charge is 0.368 e. The average molecular weight is 373 g/mol. The van der Waals surface area contributed by atoms with Gasteiger partial charge in [0.1, 0.15) is 6.10 Å². The van der Waals surface area contributed by atoms with Gasteiger partial charge in [-0.1, -0.05) is 29.8 Å². The number of anilines is 1. The summed E-state index contributed by atoms with van der Waals surface area (Å²) in [5.41, 5.74) is 1.63. The second kappa shape index (κ2) is 7.60. The van der Waals surface area contributed by atoms with Crippen molar-refractivity contribution in [3.8, 4) is 11.3 Å². The molecule has 6 nitrogen and oxygen atoms in total. The van der Waals surface area contributed by atoms with E-state index >= 15 is 0 Å². The van der Waals surface area contributed by atoms with E-state index in [-0.39, 0.29) is 12.0 Å². The van der Waals surface area contributed by atoms with Crippen LogP contribution < -0.4 is 4.90 Å². The third-order valence-electron chi connectivity index (χ3n) is 4.92. The first kappa shape index (κ1) is 17.2. The fourth-order valence-corrected chi connectivity index (χ4v) is 3.67. The molecule has 0 aliphatic carbocycles. The molecule has 7 heteroatoms. The molecule has 0 spiro atoms. The standard InChI is InChI=1S/C19H21ClN4O2/c20-15-5-2-1-4-14(15)16-7-8-18(22-21-16)23-9-11-24(12-10-23)19(25)17-6-3-13-26-17/h1-2,4-5,7-8,17H,3,6,9-13H2. The van der Waals surface area contributed by atoms with E-state index < -0.39 is 0 Å². The average Bonchev–Trinajstić information content (AvgIpc) is 3.23. The lowest BCUT2D eigenvalue weighted by Crippen LogP contribution is -2.51. The van der Waals surface area contributed by atoms with E-state index in [1.54, 1.807) is 0 Å². The Bertz CT molecular complexity index is 769. The Kier molecular flexibility index (Phi) is 5.04. The van der Waals surface area contributed by atoms with E-state index in [0.717, 1.165) is 43.0 Å². The monoisotopic (exact) mass is 372 g/mol. The molecule has 136 valence electrons. The van der Waals surface area contributed by atoms with Gasteiger partial charge in [0.05, 0.1) is 10.7 Å². The number of halogens is 1. The predicted octanol–water partition coefficient (Wildman–Crippen LogP) is 2.62. The maximum atomic E-state index is 12.4. The van der Waals surface area contributed by atoms with Crippen LogP contribution in [0.1, 0.15) is 12.8 Å².